The summed E-state index contributed by atoms with van der Waals surface area (Å²) in [4.78, 5) is 2.64. The molecular weight excluding hydrogens is 222 g/mol. The summed E-state index contributed by atoms with van der Waals surface area (Å²) in [5, 5.41) is 0. The number of nitrogens with zero attached hydrogens (tertiary/aromatic N) is 1. The molecule has 0 N–H and O–H groups in total. The Kier molecular flexibility index (Phi) is 3.96. The Morgan fingerprint density at radius 3 is 2.33 bits per heavy atom. The smallest absolute Gasteiger partial charge is 0.0594 e. The third kappa shape index (κ3) is 2.76. The van der Waals surface area contributed by atoms with Crippen molar-refractivity contribution in [3.63, 3.8) is 0 Å². The number of hydrogen-bond donors (Lipinski definition) is 0. The second-order valence-electron chi connectivity index (χ2n) is 5.49. The van der Waals surface area contributed by atoms with E-state index in [4.69, 9.17) is 4.74 Å². The highest BCUT2D eigenvalue weighted by Gasteiger charge is 2.27. The topological polar surface area (TPSA) is 12.5 Å². The summed E-state index contributed by atoms with van der Waals surface area (Å²) in [6, 6.07) is 12.5. The fourth-order valence-electron chi connectivity index (χ4n) is 3.39. The molecule has 2 nitrogen and oxygen atoms in total. The van der Waals surface area contributed by atoms with Crippen molar-refractivity contribution in [2.75, 3.05) is 26.3 Å². The van der Waals surface area contributed by atoms with E-state index in [-0.39, 0.29) is 0 Å². The van der Waals surface area contributed by atoms with Crippen LogP contribution in [0.25, 0.3) is 0 Å². The summed E-state index contributed by atoms with van der Waals surface area (Å²) in [5.74, 6) is 0.775. The largest absolute Gasteiger partial charge is 0.379 e. The predicted molar refractivity (Wildman–Crippen MR) is 72.7 cm³/mol. The molecule has 1 saturated heterocycles. The van der Waals surface area contributed by atoms with Crippen LogP contribution < -0.4 is 0 Å². The number of rotatable bonds is 2. The minimum atomic E-state index is 0.775. The maximum absolute atomic E-state index is 5.44. The summed E-state index contributed by atoms with van der Waals surface area (Å²) >= 11 is 0. The molecule has 0 bridgehead atoms. The Labute approximate surface area is 110 Å². The monoisotopic (exact) mass is 244 g/mol. The lowest BCUT2D eigenvalue weighted by molar-refractivity contribution is 0.00730. The molecule has 0 aromatic heterocycles. The minimum absolute atomic E-state index is 0.775. The molecule has 1 saturated carbocycles. The van der Waals surface area contributed by atoms with Gasteiger partial charge in [0.05, 0.1) is 13.2 Å². The molecule has 0 atom stereocenters. The fraction of sp³-hybridized carbons (Fsp3) is 0.625. The van der Waals surface area contributed by atoms with Crippen molar-refractivity contribution < 1.29 is 4.74 Å². The predicted octanol–water partition coefficient (Wildman–Crippen LogP) is 2.85. The van der Waals surface area contributed by atoms with Gasteiger partial charge in [0.15, 0.2) is 0 Å². The van der Waals surface area contributed by atoms with Gasteiger partial charge in [-0.15, -0.1) is 0 Å². The maximum atomic E-state index is 5.44. The van der Waals surface area contributed by atoms with Gasteiger partial charge in [-0.25, -0.2) is 0 Å². The molecule has 3 rings (SSSR count). The maximum Gasteiger partial charge on any atom is 0.0594 e. The van der Waals surface area contributed by atoms with Gasteiger partial charge in [0.25, 0.3) is 0 Å². The SMILES string of the molecule is [c]1ccc(C2CCC(N3CCOCC3)CC2)cc1. The van der Waals surface area contributed by atoms with Crippen molar-refractivity contribution in [2.45, 2.75) is 37.6 Å². The second-order valence-corrected chi connectivity index (χ2v) is 5.49. The Hall–Kier alpha value is -0.860. The van der Waals surface area contributed by atoms with E-state index >= 15 is 0 Å². The molecule has 97 valence electrons. The van der Waals surface area contributed by atoms with E-state index in [9.17, 15) is 0 Å². The van der Waals surface area contributed by atoms with Crippen molar-refractivity contribution in [2.24, 2.45) is 0 Å². The first kappa shape index (κ1) is 12.2. The van der Waals surface area contributed by atoms with Gasteiger partial charge in [-0.3, -0.25) is 4.90 Å². The van der Waals surface area contributed by atoms with Crippen molar-refractivity contribution in [1.29, 1.82) is 0 Å². The molecule has 1 aromatic carbocycles. The lowest BCUT2D eigenvalue weighted by atomic mass is 9.81. The Bertz CT molecular complexity index is 351. The first-order valence-electron chi connectivity index (χ1n) is 7.21. The van der Waals surface area contributed by atoms with Gasteiger partial charge in [-0.1, -0.05) is 24.3 Å². The highest BCUT2D eigenvalue weighted by molar-refractivity contribution is 5.19. The van der Waals surface area contributed by atoms with Crippen LogP contribution in [0.15, 0.2) is 24.3 Å². The van der Waals surface area contributed by atoms with Gasteiger partial charge in [0.2, 0.25) is 0 Å². The zero-order chi connectivity index (χ0) is 12.2. The van der Waals surface area contributed by atoms with Crippen LogP contribution in [0, 0.1) is 6.07 Å². The second kappa shape index (κ2) is 5.85. The first-order valence-corrected chi connectivity index (χ1v) is 7.21. The van der Waals surface area contributed by atoms with E-state index < -0.39 is 0 Å². The van der Waals surface area contributed by atoms with Crippen LogP contribution in [0.3, 0.4) is 0 Å². The van der Waals surface area contributed by atoms with Gasteiger partial charge in [-0.05, 0) is 43.2 Å². The van der Waals surface area contributed by atoms with E-state index in [2.05, 4.69) is 23.1 Å². The summed E-state index contributed by atoms with van der Waals surface area (Å²) < 4.78 is 5.44. The summed E-state index contributed by atoms with van der Waals surface area (Å²) in [6.45, 7) is 4.12. The van der Waals surface area contributed by atoms with Crippen molar-refractivity contribution in [3.05, 3.63) is 35.9 Å². The van der Waals surface area contributed by atoms with Crippen LogP contribution in [0.4, 0.5) is 0 Å². The first-order chi connectivity index (χ1) is 8.93. The van der Waals surface area contributed by atoms with Crippen molar-refractivity contribution in [1.82, 2.24) is 4.90 Å². The third-order valence-electron chi connectivity index (χ3n) is 4.47. The van der Waals surface area contributed by atoms with Crippen molar-refractivity contribution >= 4 is 0 Å². The molecular formula is C16H22NO. The molecule has 0 unspecified atom stereocenters. The van der Waals surface area contributed by atoms with E-state index in [1.165, 1.54) is 31.2 Å². The third-order valence-corrected chi connectivity index (χ3v) is 4.47. The van der Waals surface area contributed by atoms with Gasteiger partial charge >= 0.3 is 0 Å². The van der Waals surface area contributed by atoms with E-state index in [1.54, 1.807) is 0 Å². The Morgan fingerprint density at radius 1 is 1.00 bits per heavy atom. The molecule has 2 aliphatic rings. The molecule has 1 heterocycles. The van der Waals surface area contributed by atoms with Gasteiger partial charge in [-0.2, -0.15) is 0 Å². The van der Waals surface area contributed by atoms with Crippen LogP contribution in [0.2, 0.25) is 0 Å². The molecule has 1 aliphatic carbocycles. The molecule has 0 spiro atoms. The molecule has 0 amide bonds. The van der Waals surface area contributed by atoms with Crippen LogP contribution >= 0.6 is 0 Å². The Balaban J connectivity index is 1.54. The molecule has 1 radical (unpaired) electrons. The van der Waals surface area contributed by atoms with Gasteiger partial charge < -0.3 is 4.74 Å². The lowest BCUT2D eigenvalue weighted by Crippen LogP contribution is -2.44. The summed E-state index contributed by atoms with van der Waals surface area (Å²) in [6.07, 6.45) is 5.38. The van der Waals surface area contributed by atoms with Crippen LogP contribution in [-0.2, 0) is 4.74 Å². The van der Waals surface area contributed by atoms with E-state index in [1.807, 2.05) is 12.1 Å². The average molecular weight is 244 g/mol. The van der Waals surface area contributed by atoms with Crippen LogP contribution in [0.1, 0.15) is 37.2 Å². The minimum Gasteiger partial charge on any atom is -0.379 e. The molecule has 1 aromatic rings. The standard InChI is InChI=1S/C16H22NO/c1-2-4-14(5-3-1)15-6-8-16(9-7-15)17-10-12-18-13-11-17/h2-5,15-16H,6-13H2. The van der Waals surface area contributed by atoms with Crippen LogP contribution in [0.5, 0.6) is 0 Å². The molecule has 1 aliphatic heterocycles. The number of ether oxygens (including phenoxy) is 1. The average Bonchev–Trinajstić information content (AvgIpc) is 2.49. The van der Waals surface area contributed by atoms with Crippen LogP contribution in [-0.4, -0.2) is 37.2 Å². The number of benzene rings is 1. The number of morpholine rings is 1. The normalized spacial score (nSPS) is 30.2. The highest BCUT2D eigenvalue weighted by Crippen LogP contribution is 2.34. The van der Waals surface area contributed by atoms with Gasteiger partial charge in [0, 0.05) is 19.1 Å². The van der Waals surface area contributed by atoms with Gasteiger partial charge in [0.1, 0.15) is 0 Å². The zero-order valence-electron chi connectivity index (χ0n) is 11.0. The Morgan fingerprint density at radius 2 is 1.67 bits per heavy atom. The molecule has 2 fully saturated rings. The summed E-state index contributed by atoms with van der Waals surface area (Å²) in [7, 11) is 0. The fourth-order valence-corrected chi connectivity index (χ4v) is 3.39. The zero-order valence-corrected chi connectivity index (χ0v) is 11.0. The quantitative estimate of drug-likeness (QED) is 0.793. The number of hydrogen-bond acceptors (Lipinski definition) is 2. The lowest BCUT2D eigenvalue weighted by Gasteiger charge is -2.38. The van der Waals surface area contributed by atoms with E-state index in [0.717, 1.165) is 38.3 Å². The highest BCUT2D eigenvalue weighted by atomic mass is 16.5. The van der Waals surface area contributed by atoms with E-state index in [0.29, 0.717) is 0 Å². The summed E-state index contributed by atoms with van der Waals surface area (Å²) in [5.41, 5.74) is 1.51. The van der Waals surface area contributed by atoms with Crippen molar-refractivity contribution in [3.8, 4) is 0 Å². The molecule has 2 heteroatoms. The molecule has 18 heavy (non-hydrogen) atoms.